The van der Waals surface area contributed by atoms with Gasteiger partial charge in [-0.3, -0.25) is 0 Å². The number of aliphatic hydroxyl groups is 1. The Balaban J connectivity index is 1.46. The zero-order valence-electron chi connectivity index (χ0n) is 16.2. The predicted octanol–water partition coefficient (Wildman–Crippen LogP) is 2.59. The predicted molar refractivity (Wildman–Crippen MR) is 115 cm³/mol. The lowest BCUT2D eigenvalue weighted by atomic mass is 9.99. The number of hydrogen-bond donors (Lipinski definition) is 2. The lowest BCUT2D eigenvalue weighted by Crippen LogP contribution is -2.52. The SMILES string of the molecule is [B]n1ccc2c(NC3CCC(CO)N(C(=O)OCc4ccccc4)C3)nc(Cl)nc21. The van der Waals surface area contributed by atoms with Crippen molar-refractivity contribution < 1.29 is 14.6 Å². The van der Waals surface area contributed by atoms with Crippen molar-refractivity contribution in [3.8, 4) is 0 Å². The molecule has 2 atom stereocenters. The topological polar surface area (TPSA) is 92.5 Å². The highest BCUT2D eigenvalue weighted by Gasteiger charge is 2.32. The summed E-state index contributed by atoms with van der Waals surface area (Å²) in [6, 6.07) is 10.9. The van der Waals surface area contributed by atoms with Crippen LogP contribution in [0.1, 0.15) is 18.4 Å². The molecule has 1 saturated heterocycles. The highest BCUT2D eigenvalue weighted by Crippen LogP contribution is 2.26. The van der Waals surface area contributed by atoms with Crippen LogP contribution in [0.2, 0.25) is 5.28 Å². The highest BCUT2D eigenvalue weighted by molar-refractivity contribution is 6.29. The van der Waals surface area contributed by atoms with E-state index in [-0.39, 0.29) is 30.6 Å². The van der Waals surface area contributed by atoms with Crippen LogP contribution >= 0.6 is 11.6 Å². The monoisotopic (exact) mass is 425 g/mol. The van der Waals surface area contributed by atoms with Crippen LogP contribution in [0.4, 0.5) is 10.6 Å². The van der Waals surface area contributed by atoms with Gasteiger partial charge in [0, 0.05) is 12.6 Å². The van der Waals surface area contributed by atoms with E-state index in [0.717, 1.165) is 17.4 Å². The van der Waals surface area contributed by atoms with E-state index in [4.69, 9.17) is 24.3 Å². The fourth-order valence-corrected chi connectivity index (χ4v) is 3.84. The van der Waals surface area contributed by atoms with Gasteiger partial charge < -0.3 is 24.5 Å². The molecule has 1 aliphatic rings. The first-order valence-electron chi connectivity index (χ1n) is 9.69. The summed E-state index contributed by atoms with van der Waals surface area (Å²) in [5, 5.41) is 13.9. The van der Waals surface area contributed by atoms with E-state index >= 15 is 0 Å². The minimum Gasteiger partial charge on any atom is -0.445 e. The van der Waals surface area contributed by atoms with Crippen molar-refractivity contribution >= 4 is 42.5 Å². The third-order valence-electron chi connectivity index (χ3n) is 5.24. The number of hydrogen-bond acceptors (Lipinski definition) is 6. The quantitative estimate of drug-likeness (QED) is 0.482. The molecule has 2 radical (unpaired) electrons. The Hall–Kier alpha value is -2.78. The number of piperidine rings is 1. The molecule has 1 aliphatic heterocycles. The largest absolute Gasteiger partial charge is 0.445 e. The number of fused-ring (bicyclic) bond motifs is 1. The Morgan fingerprint density at radius 2 is 2.07 bits per heavy atom. The average molecular weight is 426 g/mol. The maximum Gasteiger partial charge on any atom is 0.410 e. The summed E-state index contributed by atoms with van der Waals surface area (Å²) >= 11 is 6.05. The molecule has 0 spiro atoms. The van der Waals surface area contributed by atoms with Crippen LogP contribution in [0.15, 0.2) is 42.6 Å². The molecule has 8 nitrogen and oxygen atoms in total. The summed E-state index contributed by atoms with van der Waals surface area (Å²) in [6.45, 7) is 0.427. The van der Waals surface area contributed by atoms with Gasteiger partial charge in [0.2, 0.25) is 13.3 Å². The van der Waals surface area contributed by atoms with Crippen molar-refractivity contribution in [1.29, 1.82) is 0 Å². The number of benzene rings is 1. The molecule has 10 heteroatoms. The standard InChI is InChI=1S/C20H21BClN5O3/c21-27-9-8-16-17(24-19(22)25-18(16)27)23-14-6-7-15(11-28)26(10-14)20(29)30-12-13-4-2-1-3-5-13/h1-5,8-9,14-15,28H,6-7,10-12H2,(H,23,24,25). The fourth-order valence-electron chi connectivity index (χ4n) is 3.67. The minimum atomic E-state index is -0.455. The van der Waals surface area contributed by atoms with Gasteiger partial charge in [-0.2, -0.15) is 0 Å². The van der Waals surface area contributed by atoms with Crippen LogP contribution in [-0.4, -0.2) is 63.8 Å². The zero-order chi connectivity index (χ0) is 21.1. The van der Waals surface area contributed by atoms with Crippen LogP contribution in [0.3, 0.4) is 0 Å². The van der Waals surface area contributed by atoms with Gasteiger partial charge in [0.25, 0.3) is 0 Å². The summed E-state index contributed by atoms with van der Waals surface area (Å²) in [7, 11) is 5.87. The van der Waals surface area contributed by atoms with E-state index in [9.17, 15) is 9.90 Å². The molecule has 0 bridgehead atoms. The van der Waals surface area contributed by atoms with Gasteiger partial charge in [-0.15, -0.1) is 0 Å². The molecule has 3 heterocycles. The molecule has 0 aliphatic carbocycles. The van der Waals surface area contributed by atoms with Crippen LogP contribution in [-0.2, 0) is 11.3 Å². The lowest BCUT2D eigenvalue weighted by molar-refractivity contribution is 0.0471. The molecule has 4 rings (SSSR count). The maximum atomic E-state index is 12.7. The molecular weight excluding hydrogens is 405 g/mol. The number of nitrogens with zero attached hydrogens (tertiary/aromatic N) is 4. The van der Waals surface area contributed by atoms with Gasteiger partial charge in [0.1, 0.15) is 18.1 Å². The van der Waals surface area contributed by atoms with E-state index in [1.165, 1.54) is 4.48 Å². The van der Waals surface area contributed by atoms with Crippen molar-refractivity contribution in [3.63, 3.8) is 0 Å². The second-order valence-corrected chi connectivity index (χ2v) is 7.59. The van der Waals surface area contributed by atoms with Gasteiger partial charge >= 0.3 is 6.09 Å². The number of ether oxygens (including phenoxy) is 1. The second kappa shape index (κ2) is 8.93. The first-order chi connectivity index (χ1) is 14.5. The van der Waals surface area contributed by atoms with Crippen molar-refractivity contribution in [3.05, 3.63) is 53.4 Å². The number of carbonyl (C=O) groups excluding carboxylic acids is 1. The van der Waals surface area contributed by atoms with Gasteiger partial charge in [-0.05, 0) is 42.3 Å². The van der Waals surface area contributed by atoms with Gasteiger partial charge in [0.15, 0.2) is 0 Å². The summed E-state index contributed by atoms with van der Waals surface area (Å²) in [5.41, 5.74) is 1.42. The maximum absolute atomic E-state index is 12.7. The lowest BCUT2D eigenvalue weighted by Gasteiger charge is -2.38. The molecule has 0 saturated carbocycles. The Morgan fingerprint density at radius 1 is 1.27 bits per heavy atom. The van der Waals surface area contributed by atoms with E-state index in [1.54, 1.807) is 17.2 Å². The number of aromatic nitrogens is 3. The van der Waals surface area contributed by atoms with Crippen molar-refractivity contribution in [2.45, 2.75) is 31.5 Å². The first-order valence-corrected chi connectivity index (χ1v) is 10.1. The molecule has 1 amide bonds. The van der Waals surface area contributed by atoms with Crippen LogP contribution in [0.5, 0.6) is 0 Å². The minimum absolute atomic E-state index is 0.0820. The van der Waals surface area contributed by atoms with Gasteiger partial charge in [0.05, 0.1) is 18.0 Å². The molecular formula is C20H21BClN5O3. The third kappa shape index (κ3) is 4.37. The molecule has 1 aromatic carbocycles. The number of rotatable bonds is 5. The number of carbonyl (C=O) groups is 1. The van der Waals surface area contributed by atoms with E-state index in [0.29, 0.717) is 24.4 Å². The summed E-state index contributed by atoms with van der Waals surface area (Å²) in [6.07, 6.45) is 2.61. The number of aliphatic hydroxyl groups excluding tert-OH is 1. The molecule has 2 unspecified atom stereocenters. The number of halogens is 1. The molecule has 2 N–H and O–H groups in total. The van der Waals surface area contributed by atoms with E-state index in [1.807, 2.05) is 30.3 Å². The summed E-state index contributed by atoms with van der Waals surface area (Å²) < 4.78 is 6.85. The Bertz CT molecular complexity index is 1030. The summed E-state index contributed by atoms with van der Waals surface area (Å²) in [5.74, 6) is 0.555. The number of amides is 1. The van der Waals surface area contributed by atoms with Crippen LogP contribution in [0.25, 0.3) is 11.0 Å². The molecule has 2 aromatic heterocycles. The van der Waals surface area contributed by atoms with E-state index in [2.05, 4.69) is 15.3 Å². The molecule has 154 valence electrons. The van der Waals surface area contributed by atoms with Gasteiger partial charge in [-0.25, -0.2) is 14.8 Å². The Morgan fingerprint density at radius 3 is 2.83 bits per heavy atom. The highest BCUT2D eigenvalue weighted by atomic mass is 35.5. The number of anilines is 1. The summed E-state index contributed by atoms with van der Waals surface area (Å²) in [4.78, 5) is 22.7. The van der Waals surface area contributed by atoms with Crippen molar-refractivity contribution in [1.82, 2.24) is 19.3 Å². The fraction of sp³-hybridized carbons (Fsp3) is 0.350. The molecule has 3 aromatic rings. The number of likely N-dealkylation sites (tertiary alicyclic amines) is 1. The Labute approximate surface area is 180 Å². The van der Waals surface area contributed by atoms with Crippen LogP contribution in [0, 0.1) is 0 Å². The third-order valence-corrected chi connectivity index (χ3v) is 5.41. The normalized spacial score (nSPS) is 19.1. The smallest absolute Gasteiger partial charge is 0.410 e. The zero-order valence-corrected chi connectivity index (χ0v) is 17.0. The van der Waals surface area contributed by atoms with Crippen molar-refractivity contribution in [2.24, 2.45) is 0 Å². The second-order valence-electron chi connectivity index (χ2n) is 7.25. The Kier molecular flexibility index (Phi) is 6.10. The van der Waals surface area contributed by atoms with Gasteiger partial charge in [-0.1, -0.05) is 30.3 Å². The molecule has 30 heavy (non-hydrogen) atoms. The van der Waals surface area contributed by atoms with Crippen LogP contribution < -0.4 is 5.32 Å². The molecule has 1 fully saturated rings. The number of nitrogens with one attached hydrogen (secondary N) is 1. The van der Waals surface area contributed by atoms with Crippen molar-refractivity contribution in [2.75, 3.05) is 18.5 Å². The average Bonchev–Trinajstić information content (AvgIpc) is 3.13. The first kappa shape index (κ1) is 20.5. The van der Waals surface area contributed by atoms with E-state index < -0.39 is 6.09 Å².